The molecule has 0 fully saturated rings. The van der Waals surface area contributed by atoms with E-state index in [2.05, 4.69) is 10.0 Å². The summed E-state index contributed by atoms with van der Waals surface area (Å²) in [6.45, 7) is 2.49. The average molecular weight is 398 g/mol. The van der Waals surface area contributed by atoms with Gasteiger partial charge in [-0.3, -0.25) is 9.52 Å². The highest BCUT2D eigenvalue weighted by Crippen LogP contribution is 2.26. The maximum atomic E-state index is 12.9. The minimum Gasteiger partial charge on any atom is -0.383 e. The molecule has 0 aliphatic rings. The SMILES string of the molecule is COCCNC(=O)c1cc(S(=O)(=O)Nc2cccc3ccccc23)ccc1C. The van der Waals surface area contributed by atoms with E-state index in [1.807, 2.05) is 30.3 Å². The van der Waals surface area contributed by atoms with Crippen molar-refractivity contribution in [1.29, 1.82) is 0 Å². The number of carbonyl (C=O) groups excluding carboxylic acids is 1. The number of benzene rings is 3. The molecule has 0 bridgehead atoms. The van der Waals surface area contributed by atoms with Gasteiger partial charge < -0.3 is 10.1 Å². The molecular formula is C21H22N2O4S. The minimum absolute atomic E-state index is 0.0305. The summed E-state index contributed by atoms with van der Waals surface area (Å²) in [4.78, 5) is 12.4. The second-order valence-corrected chi connectivity index (χ2v) is 8.04. The van der Waals surface area contributed by atoms with Gasteiger partial charge >= 0.3 is 0 Å². The molecule has 0 heterocycles. The first-order chi connectivity index (χ1) is 13.4. The normalized spacial score (nSPS) is 11.4. The molecule has 0 aromatic heterocycles. The molecule has 0 unspecified atom stereocenters. The zero-order valence-electron chi connectivity index (χ0n) is 15.7. The molecule has 3 aromatic carbocycles. The van der Waals surface area contributed by atoms with Crippen LogP contribution in [0.3, 0.4) is 0 Å². The predicted molar refractivity (Wildman–Crippen MR) is 110 cm³/mol. The first-order valence-electron chi connectivity index (χ1n) is 8.81. The van der Waals surface area contributed by atoms with Crippen LogP contribution in [0, 0.1) is 6.92 Å². The van der Waals surface area contributed by atoms with Crippen LogP contribution in [0.5, 0.6) is 0 Å². The number of aryl methyl sites for hydroxylation is 1. The lowest BCUT2D eigenvalue weighted by molar-refractivity contribution is 0.0936. The Labute approximate surface area is 164 Å². The van der Waals surface area contributed by atoms with E-state index in [9.17, 15) is 13.2 Å². The van der Waals surface area contributed by atoms with Crippen molar-refractivity contribution in [3.63, 3.8) is 0 Å². The van der Waals surface area contributed by atoms with Crippen molar-refractivity contribution in [2.75, 3.05) is 25.0 Å². The topological polar surface area (TPSA) is 84.5 Å². The van der Waals surface area contributed by atoms with Crippen molar-refractivity contribution in [2.45, 2.75) is 11.8 Å². The van der Waals surface area contributed by atoms with Gasteiger partial charge in [0.2, 0.25) is 0 Å². The van der Waals surface area contributed by atoms with Crippen molar-refractivity contribution in [3.05, 3.63) is 71.8 Å². The maximum absolute atomic E-state index is 12.9. The van der Waals surface area contributed by atoms with E-state index < -0.39 is 10.0 Å². The van der Waals surface area contributed by atoms with Crippen LogP contribution in [0.25, 0.3) is 10.8 Å². The fraction of sp³-hybridized carbons (Fsp3) is 0.190. The molecule has 0 aliphatic heterocycles. The van der Waals surface area contributed by atoms with Crippen molar-refractivity contribution in [3.8, 4) is 0 Å². The lowest BCUT2D eigenvalue weighted by atomic mass is 10.1. The van der Waals surface area contributed by atoms with Crippen molar-refractivity contribution >= 4 is 32.4 Å². The molecule has 0 spiro atoms. The predicted octanol–water partition coefficient (Wildman–Crippen LogP) is 3.33. The average Bonchev–Trinajstić information content (AvgIpc) is 2.68. The molecule has 2 N–H and O–H groups in total. The summed E-state index contributed by atoms with van der Waals surface area (Å²) in [6, 6.07) is 17.5. The van der Waals surface area contributed by atoms with E-state index in [1.54, 1.807) is 32.2 Å². The molecule has 3 rings (SSSR count). The van der Waals surface area contributed by atoms with E-state index in [0.717, 1.165) is 10.8 Å². The number of sulfonamides is 1. The smallest absolute Gasteiger partial charge is 0.261 e. The Balaban J connectivity index is 1.91. The van der Waals surface area contributed by atoms with Gasteiger partial charge in [0.1, 0.15) is 0 Å². The zero-order valence-corrected chi connectivity index (χ0v) is 16.5. The van der Waals surface area contributed by atoms with Crippen LogP contribution in [0.15, 0.2) is 65.6 Å². The van der Waals surface area contributed by atoms with Crippen LogP contribution < -0.4 is 10.0 Å². The largest absolute Gasteiger partial charge is 0.383 e. The van der Waals surface area contributed by atoms with Gasteiger partial charge in [-0.15, -0.1) is 0 Å². The Morgan fingerprint density at radius 1 is 1.04 bits per heavy atom. The van der Waals surface area contributed by atoms with Gasteiger partial charge in [0, 0.05) is 24.6 Å². The number of hydrogen-bond acceptors (Lipinski definition) is 4. The lowest BCUT2D eigenvalue weighted by Crippen LogP contribution is -2.28. The van der Waals surface area contributed by atoms with Crippen molar-refractivity contribution in [1.82, 2.24) is 5.32 Å². The molecule has 3 aromatic rings. The molecule has 1 amide bonds. The second kappa shape index (κ2) is 8.41. The fourth-order valence-electron chi connectivity index (χ4n) is 2.89. The molecule has 146 valence electrons. The van der Waals surface area contributed by atoms with Gasteiger partial charge in [-0.05, 0) is 36.1 Å². The third-order valence-corrected chi connectivity index (χ3v) is 5.75. The number of fused-ring (bicyclic) bond motifs is 1. The highest BCUT2D eigenvalue weighted by atomic mass is 32.2. The standard InChI is InChI=1S/C21H22N2O4S/c1-15-10-11-17(14-19(15)21(24)22-12-13-27-2)28(25,26)23-20-9-5-7-16-6-3-4-8-18(16)20/h3-11,14,23H,12-13H2,1-2H3,(H,22,24). The van der Waals surface area contributed by atoms with Crippen LogP contribution in [-0.2, 0) is 14.8 Å². The monoisotopic (exact) mass is 398 g/mol. The summed E-state index contributed by atoms with van der Waals surface area (Å²) in [5.74, 6) is -0.336. The van der Waals surface area contributed by atoms with Crippen molar-refractivity contribution < 1.29 is 17.9 Å². The van der Waals surface area contributed by atoms with E-state index in [4.69, 9.17) is 4.74 Å². The maximum Gasteiger partial charge on any atom is 0.261 e. The molecule has 0 saturated carbocycles. The van der Waals surface area contributed by atoms with Crippen LogP contribution in [0.4, 0.5) is 5.69 Å². The molecule has 0 aliphatic carbocycles. The summed E-state index contributed by atoms with van der Waals surface area (Å²) in [6.07, 6.45) is 0. The second-order valence-electron chi connectivity index (χ2n) is 6.36. The molecule has 28 heavy (non-hydrogen) atoms. The van der Waals surface area contributed by atoms with E-state index in [-0.39, 0.29) is 10.8 Å². The summed E-state index contributed by atoms with van der Waals surface area (Å²) in [7, 11) is -2.31. The molecule has 0 saturated heterocycles. The first-order valence-corrected chi connectivity index (χ1v) is 10.3. The summed E-state index contributed by atoms with van der Waals surface area (Å²) >= 11 is 0. The number of hydrogen-bond donors (Lipinski definition) is 2. The summed E-state index contributed by atoms with van der Waals surface area (Å²) in [5, 5.41) is 4.45. The Kier molecular flexibility index (Phi) is 5.96. The van der Waals surface area contributed by atoms with Gasteiger partial charge in [0.25, 0.3) is 15.9 Å². The number of nitrogens with one attached hydrogen (secondary N) is 2. The third-order valence-electron chi connectivity index (χ3n) is 4.39. The van der Waals surface area contributed by atoms with E-state index >= 15 is 0 Å². The lowest BCUT2D eigenvalue weighted by Gasteiger charge is -2.13. The number of ether oxygens (including phenoxy) is 1. The van der Waals surface area contributed by atoms with Gasteiger partial charge in [-0.1, -0.05) is 42.5 Å². The Morgan fingerprint density at radius 3 is 2.57 bits per heavy atom. The minimum atomic E-state index is -3.86. The van der Waals surface area contributed by atoms with Gasteiger partial charge in [-0.25, -0.2) is 8.42 Å². The molecule has 0 radical (unpaired) electrons. The van der Waals surface area contributed by atoms with Crippen LogP contribution >= 0.6 is 0 Å². The molecule has 0 atom stereocenters. The zero-order chi connectivity index (χ0) is 20.1. The van der Waals surface area contributed by atoms with Crippen LogP contribution in [-0.4, -0.2) is 34.6 Å². The van der Waals surface area contributed by atoms with E-state index in [0.29, 0.717) is 30.0 Å². The van der Waals surface area contributed by atoms with Crippen LogP contribution in [0.1, 0.15) is 15.9 Å². The summed E-state index contributed by atoms with van der Waals surface area (Å²) < 4.78 is 33.4. The molecule has 6 nitrogen and oxygen atoms in total. The number of rotatable bonds is 7. The number of amides is 1. The number of anilines is 1. The Bertz CT molecular complexity index is 1110. The quantitative estimate of drug-likeness (QED) is 0.598. The highest BCUT2D eigenvalue weighted by Gasteiger charge is 2.19. The van der Waals surface area contributed by atoms with Crippen LogP contribution in [0.2, 0.25) is 0 Å². The van der Waals surface area contributed by atoms with E-state index in [1.165, 1.54) is 12.1 Å². The first kappa shape index (κ1) is 19.9. The van der Waals surface area contributed by atoms with Gasteiger partial charge in [0.05, 0.1) is 17.2 Å². The molecule has 7 heteroatoms. The van der Waals surface area contributed by atoms with Crippen molar-refractivity contribution in [2.24, 2.45) is 0 Å². The third kappa shape index (κ3) is 4.32. The summed E-state index contributed by atoms with van der Waals surface area (Å²) in [5.41, 5.74) is 1.50. The Hall–Kier alpha value is -2.90. The van der Waals surface area contributed by atoms with Gasteiger partial charge in [0.15, 0.2) is 0 Å². The Morgan fingerprint density at radius 2 is 1.79 bits per heavy atom. The number of methoxy groups -OCH3 is 1. The number of carbonyl (C=O) groups is 1. The molecular weight excluding hydrogens is 376 g/mol. The highest BCUT2D eigenvalue weighted by molar-refractivity contribution is 7.92. The van der Waals surface area contributed by atoms with Gasteiger partial charge in [-0.2, -0.15) is 0 Å². The fourth-order valence-corrected chi connectivity index (χ4v) is 4.00.